The minimum absolute atomic E-state index is 0.139. The Morgan fingerprint density at radius 3 is 2.62 bits per heavy atom. The molecular weight excluding hydrogens is 286 g/mol. The van der Waals surface area contributed by atoms with Gasteiger partial charge in [-0.2, -0.15) is 0 Å². The molecule has 1 heterocycles. The molecule has 0 aliphatic carbocycles. The molecule has 21 heavy (non-hydrogen) atoms. The van der Waals surface area contributed by atoms with Gasteiger partial charge >= 0.3 is 0 Å². The van der Waals surface area contributed by atoms with E-state index >= 15 is 0 Å². The lowest BCUT2D eigenvalue weighted by Gasteiger charge is -2.35. The number of amides is 1. The van der Waals surface area contributed by atoms with Crippen molar-refractivity contribution in [2.45, 2.75) is 32.6 Å². The van der Waals surface area contributed by atoms with Crippen LogP contribution in [0.4, 0.5) is 0 Å². The molecule has 1 N–H and O–H groups in total. The van der Waals surface area contributed by atoms with Gasteiger partial charge in [-0.3, -0.25) is 4.79 Å². The number of halogens is 1. The molecule has 1 aromatic carbocycles. The van der Waals surface area contributed by atoms with Gasteiger partial charge in [-0.05, 0) is 42.4 Å². The largest absolute Gasteiger partial charge is 0.396 e. The van der Waals surface area contributed by atoms with Gasteiger partial charge in [0, 0.05) is 24.7 Å². The molecule has 1 aliphatic rings. The zero-order valence-electron chi connectivity index (χ0n) is 12.8. The number of carbonyl (C=O) groups is 1. The number of rotatable bonds is 4. The summed E-state index contributed by atoms with van der Waals surface area (Å²) in [5.74, 6) is 0.485. The first-order valence-corrected chi connectivity index (χ1v) is 8.05. The molecule has 116 valence electrons. The summed E-state index contributed by atoms with van der Waals surface area (Å²) >= 11 is 5.94. The lowest BCUT2D eigenvalue weighted by Crippen LogP contribution is -2.44. The van der Waals surface area contributed by atoms with Crippen LogP contribution in [-0.4, -0.2) is 35.6 Å². The van der Waals surface area contributed by atoms with E-state index < -0.39 is 0 Å². The van der Waals surface area contributed by atoms with Crippen molar-refractivity contribution < 1.29 is 9.90 Å². The fraction of sp³-hybridized carbons (Fsp3) is 0.588. The van der Waals surface area contributed by atoms with E-state index in [1.54, 1.807) is 0 Å². The summed E-state index contributed by atoms with van der Waals surface area (Å²) in [6.07, 6.45) is 1.98. The van der Waals surface area contributed by atoms with Crippen LogP contribution in [0.25, 0.3) is 0 Å². The molecule has 0 bridgehead atoms. The lowest BCUT2D eigenvalue weighted by atomic mass is 9.86. The average molecular weight is 310 g/mol. The molecule has 1 saturated heterocycles. The van der Waals surface area contributed by atoms with E-state index in [1.807, 2.05) is 29.2 Å². The second kappa shape index (κ2) is 7.28. The van der Waals surface area contributed by atoms with Gasteiger partial charge in [0.05, 0.1) is 5.92 Å². The number of nitrogens with zero attached hydrogens (tertiary/aromatic N) is 1. The van der Waals surface area contributed by atoms with E-state index in [2.05, 4.69) is 13.8 Å². The predicted octanol–water partition coefficient (Wildman–Crippen LogP) is 3.31. The number of aliphatic hydroxyl groups is 1. The minimum Gasteiger partial charge on any atom is -0.396 e. The van der Waals surface area contributed by atoms with E-state index in [0.29, 0.717) is 11.6 Å². The smallest absolute Gasteiger partial charge is 0.230 e. The number of carbonyl (C=O) groups excluding carboxylic acids is 1. The van der Waals surface area contributed by atoms with Gasteiger partial charge in [0.2, 0.25) is 5.91 Å². The topological polar surface area (TPSA) is 40.5 Å². The Labute approximate surface area is 131 Å². The van der Waals surface area contributed by atoms with Crippen LogP contribution in [0.2, 0.25) is 5.02 Å². The monoisotopic (exact) mass is 309 g/mol. The molecular formula is C17H24ClNO2. The fourth-order valence-electron chi connectivity index (χ4n) is 3.09. The van der Waals surface area contributed by atoms with Crippen molar-refractivity contribution in [2.24, 2.45) is 11.8 Å². The van der Waals surface area contributed by atoms with Gasteiger partial charge in [0.15, 0.2) is 0 Å². The van der Waals surface area contributed by atoms with Crippen molar-refractivity contribution >= 4 is 17.5 Å². The summed E-state index contributed by atoms with van der Waals surface area (Å²) in [6, 6.07) is 7.56. The SMILES string of the molecule is CC(C)C(C(=O)N1CCCC(CO)C1)c1ccc(Cl)cc1. The van der Waals surface area contributed by atoms with Crippen LogP contribution >= 0.6 is 11.6 Å². The van der Waals surface area contributed by atoms with E-state index in [4.69, 9.17) is 11.6 Å². The molecule has 2 atom stereocenters. The van der Waals surface area contributed by atoms with Crippen molar-refractivity contribution in [2.75, 3.05) is 19.7 Å². The minimum atomic E-state index is -0.139. The predicted molar refractivity (Wildman–Crippen MR) is 85.4 cm³/mol. The quantitative estimate of drug-likeness (QED) is 0.927. The number of likely N-dealkylation sites (tertiary alicyclic amines) is 1. The highest BCUT2D eigenvalue weighted by molar-refractivity contribution is 6.30. The maximum atomic E-state index is 12.9. The van der Waals surface area contributed by atoms with Crippen LogP contribution in [0.1, 0.15) is 38.2 Å². The van der Waals surface area contributed by atoms with Crippen molar-refractivity contribution in [3.63, 3.8) is 0 Å². The molecule has 1 aromatic rings. The lowest BCUT2D eigenvalue weighted by molar-refractivity contribution is -0.136. The van der Waals surface area contributed by atoms with Crippen LogP contribution in [0, 0.1) is 11.8 Å². The van der Waals surface area contributed by atoms with Crippen LogP contribution < -0.4 is 0 Å². The third-order valence-electron chi connectivity index (χ3n) is 4.25. The van der Waals surface area contributed by atoms with Gasteiger partial charge in [0.1, 0.15) is 0 Å². The number of aliphatic hydroxyl groups excluding tert-OH is 1. The second-order valence-electron chi connectivity index (χ2n) is 6.25. The molecule has 4 heteroatoms. The first-order chi connectivity index (χ1) is 10.0. The average Bonchev–Trinajstić information content (AvgIpc) is 2.49. The number of benzene rings is 1. The number of hydrogen-bond acceptors (Lipinski definition) is 2. The highest BCUT2D eigenvalue weighted by atomic mass is 35.5. The van der Waals surface area contributed by atoms with E-state index in [9.17, 15) is 9.90 Å². The highest BCUT2D eigenvalue weighted by Crippen LogP contribution is 2.29. The maximum absolute atomic E-state index is 12.9. The summed E-state index contributed by atoms with van der Waals surface area (Å²) in [6.45, 7) is 5.78. The fourth-order valence-corrected chi connectivity index (χ4v) is 3.22. The second-order valence-corrected chi connectivity index (χ2v) is 6.68. The molecule has 1 amide bonds. The van der Waals surface area contributed by atoms with Crippen molar-refractivity contribution in [1.82, 2.24) is 4.90 Å². The molecule has 1 aliphatic heterocycles. The van der Waals surface area contributed by atoms with Gasteiger partial charge in [-0.1, -0.05) is 37.6 Å². The Morgan fingerprint density at radius 1 is 1.38 bits per heavy atom. The summed E-state index contributed by atoms with van der Waals surface area (Å²) in [5, 5.41) is 10.0. The first kappa shape index (κ1) is 16.3. The molecule has 0 radical (unpaired) electrons. The van der Waals surface area contributed by atoms with Crippen LogP contribution in [0.5, 0.6) is 0 Å². The zero-order chi connectivity index (χ0) is 15.4. The van der Waals surface area contributed by atoms with Crippen molar-refractivity contribution in [3.05, 3.63) is 34.9 Å². The summed E-state index contributed by atoms with van der Waals surface area (Å²) in [5.41, 5.74) is 1.02. The normalized spacial score (nSPS) is 20.6. The molecule has 3 nitrogen and oxygen atoms in total. The molecule has 2 unspecified atom stereocenters. The van der Waals surface area contributed by atoms with Crippen LogP contribution in [-0.2, 0) is 4.79 Å². The Balaban J connectivity index is 2.17. The molecule has 1 fully saturated rings. The Kier molecular flexibility index (Phi) is 5.65. The van der Waals surface area contributed by atoms with Crippen LogP contribution in [0.3, 0.4) is 0 Å². The number of hydrogen-bond donors (Lipinski definition) is 1. The van der Waals surface area contributed by atoms with E-state index in [1.165, 1.54) is 0 Å². The third-order valence-corrected chi connectivity index (χ3v) is 4.50. The van der Waals surface area contributed by atoms with Gasteiger partial charge in [-0.25, -0.2) is 0 Å². The summed E-state index contributed by atoms with van der Waals surface area (Å²) in [4.78, 5) is 14.8. The van der Waals surface area contributed by atoms with Crippen molar-refractivity contribution in [1.29, 1.82) is 0 Å². The van der Waals surface area contributed by atoms with Gasteiger partial charge in [-0.15, -0.1) is 0 Å². The highest BCUT2D eigenvalue weighted by Gasteiger charge is 2.31. The molecule has 0 saturated carbocycles. The molecule has 2 rings (SSSR count). The van der Waals surface area contributed by atoms with Crippen molar-refractivity contribution in [3.8, 4) is 0 Å². The number of piperidine rings is 1. The Bertz CT molecular complexity index is 472. The van der Waals surface area contributed by atoms with E-state index in [0.717, 1.165) is 24.9 Å². The zero-order valence-corrected chi connectivity index (χ0v) is 13.5. The molecule has 0 aromatic heterocycles. The third kappa shape index (κ3) is 3.98. The van der Waals surface area contributed by atoms with E-state index in [-0.39, 0.29) is 30.3 Å². The Morgan fingerprint density at radius 2 is 2.05 bits per heavy atom. The van der Waals surface area contributed by atoms with Gasteiger partial charge in [0.25, 0.3) is 0 Å². The first-order valence-electron chi connectivity index (χ1n) is 7.68. The summed E-state index contributed by atoms with van der Waals surface area (Å²) in [7, 11) is 0. The Hall–Kier alpha value is -1.06. The standard InChI is InChI=1S/C17H24ClNO2/c1-12(2)16(14-5-7-15(18)8-6-14)17(21)19-9-3-4-13(10-19)11-20/h5-8,12-13,16,20H,3-4,9-11H2,1-2H3. The van der Waals surface area contributed by atoms with Crippen LogP contribution in [0.15, 0.2) is 24.3 Å². The molecule has 0 spiro atoms. The summed E-state index contributed by atoms with van der Waals surface area (Å²) < 4.78 is 0. The maximum Gasteiger partial charge on any atom is 0.230 e. The van der Waals surface area contributed by atoms with Gasteiger partial charge < -0.3 is 10.0 Å².